The molecule has 0 aliphatic carbocycles. The zero-order valence-corrected chi connectivity index (χ0v) is 8.65. The summed E-state index contributed by atoms with van der Waals surface area (Å²) in [4.78, 5) is 0. The van der Waals surface area contributed by atoms with Gasteiger partial charge in [-0.25, -0.2) is 0 Å². The number of hydrogen-bond donors (Lipinski definition) is 1. The molecular weight excluding hydrogens is 148 g/mol. The van der Waals surface area contributed by atoms with Crippen molar-refractivity contribution in [2.45, 2.75) is 58.5 Å². The number of rotatable bonds is 4. The lowest BCUT2D eigenvalue weighted by Gasteiger charge is -2.24. The van der Waals surface area contributed by atoms with Crippen LogP contribution in [0.4, 0.5) is 0 Å². The van der Waals surface area contributed by atoms with E-state index < -0.39 is 0 Å². The summed E-state index contributed by atoms with van der Waals surface area (Å²) in [6, 6.07) is 2.30. The van der Waals surface area contributed by atoms with Gasteiger partial charge in [0, 0.05) is 5.54 Å². The molecular formula is C10H20N2. The Kier molecular flexibility index (Phi) is 4.92. The summed E-state index contributed by atoms with van der Waals surface area (Å²) in [5.74, 6) is 0. The Morgan fingerprint density at radius 1 is 1.42 bits per heavy atom. The summed E-state index contributed by atoms with van der Waals surface area (Å²) in [6.07, 6.45) is 3.25. The van der Waals surface area contributed by atoms with E-state index in [2.05, 4.69) is 39.1 Å². The maximum Gasteiger partial charge on any atom is 0.0956 e. The molecule has 0 amide bonds. The third-order valence-corrected chi connectivity index (χ3v) is 1.61. The summed E-state index contributed by atoms with van der Waals surface area (Å²) in [5, 5.41) is 12.1. The molecule has 1 atom stereocenters. The molecule has 0 radical (unpaired) electrons. The number of unbranched alkanes of at least 4 members (excludes halogenated alkanes) is 1. The quantitative estimate of drug-likeness (QED) is 0.700. The lowest BCUT2D eigenvalue weighted by atomic mass is 10.0. The molecule has 0 aliphatic heterocycles. The molecule has 0 saturated heterocycles. The Hall–Kier alpha value is -0.550. The number of nitrogens with one attached hydrogen (secondary N) is 1. The Labute approximate surface area is 76.0 Å². The van der Waals surface area contributed by atoms with Crippen LogP contribution in [0.5, 0.6) is 0 Å². The van der Waals surface area contributed by atoms with Crippen LogP contribution in [-0.4, -0.2) is 11.6 Å². The molecule has 12 heavy (non-hydrogen) atoms. The summed E-state index contributed by atoms with van der Waals surface area (Å²) >= 11 is 0. The van der Waals surface area contributed by atoms with Gasteiger partial charge >= 0.3 is 0 Å². The normalized spacial score (nSPS) is 13.9. The highest BCUT2D eigenvalue weighted by atomic mass is 15.0. The zero-order valence-electron chi connectivity index (χ0n) is 8.65. The smallest absolute Gasteiger partial charge is 0.0956 e. The molecule has 0 bridgehead atoms. The van der Waals surface area contributed by atoms with E-state index in [1.54, 1.807) is 0 Å². The van der Waals surface area contributed by atoms with Crippen molar-refractivity contribution in [2.24, 2.45) is 0 Å². The standard InChI is InChI=1S/C10H20N2/c1-5-6-7-9(8-11)12-10(2,3)4/h9,12H,5-7H2,1-4H3. The van der Waals surface area contributed by atoms with Crippen molar-refractivity contribution in [1.29, 1.82) is 5.26 Å². The summed E-state index contributed by atoms with van der Waals surface area (Å²) in [5.41, 5.74) is 0.0497. The van der Waals surface area contributed by atoms with Gasteiger partial charge in [-0.15, -0.1) is 0 Å². The maximum absolute atomic E-state index is 8.80. The minimum atomic E-state index is 0.0185. The van der Waals surface area contributed by atoms with Crippen LogP contribution in [0.1, 0.15) is 47.0 Å². The molecule has 0 heterocycles. The lowest BCUT2D eigenvalue weighted by Crippen LogP contribution is -2.42. The van der Waals surface area contributed by atoms with Gasteiger partial charge in [0.15, 0.2) is 0 Å². The topological polar surface area (TPSA) is 35.8 Å². The maximum atomic E-state index is 8.80. The largest absolute Gasteiger partial charge is 0.297 e. The average Bonchev–Trinajstić information content (AvgIpc) is 1.95. The molecule has 0 aromatic heterocycles. The van der Waals surface area contributed by atoms with E-state index in [1.807, 2.05) is 0 Å². The first-order valence-electron chi connectivity index (χ1n) is 4.67. The fourth-order valence-corrected chi connectivity index (χ4v) is 1.10. The highest BCUT2D eigenvalue weighted by molar-refractivity contribution is 4.93. The van der Waals surface area contributed by atoms with Crippen molar-refractivity contribution in [3.63, 3.8) is 0 Å². The second kappa shape index (κ2) is 5.16. The number of hydrogen-bond acceptors (Lipinski definition) is 2. The molecule has 2 nitrogen and oxygen atoms in total. The molecule has 0 aromatic carbocycles. The molecule has 0 aliphatic rings. The predicted molar refractivity (Wildman–Crippen MR) is 51.8 cm³/mol. The Morgan fingerprint density at radius 3 is 2.33 bits per heavy atom. The van der Waals surface area contributed by atoms with Gasteiger partial charge in [0.1, 0.15) is 0 Å². The first-order chi connectivity index (χ1) is 5.49. The first kappa shape index (κ1) is 11.4. The van der Waals surface area contributed by atoms with Gasteiger partial charge in [0.2, 0.25) is 0 Å². The molecule has 0 spiro atoms. The first-order valence-corrected chi connectivity index (χ1v) is 4.67. The lowest BCUT2D eigenvalue weighted by molar-refractivity contribution is 0.379. The van der Waals surface area contributed by atoms with Crippen LogP contribution in [0.25, 0.3) is 0 Å². The summed E-state index contributed by atoms with van der Waals surface area (Å²) in [6.45, 7) is 8.40. The van der Waals surface area contributed by atoms with E-state index in [1.165, 1.54) is 0 Å². The van der Waals surface area contributed by atoms with Gasteiger partial charge in [-0.3, -0.25) is 5.32 Å². The van der Waals surface area contributed by atoms with Crippen molar-refractivity contribution in [3.8, 4) is 6.07 Å². The number of nitrogens with zero attached hydrogens (tertiary/aromatic N) is 1. The van der Waals surface area contributed by atoms with Crippen LogP contribution in [0.2, 0.25) is 0 Å². The predicted octanol–water partition coefficient (Wildman–Crippen LogP) is 2.46. The molecule has 1 N–H and O–H groups in total. The molecule has 70 valence electrons. The second-order valence-electron chi connectivity index (χ2n) is 4.22. The average molecular weight is 168 g/mol. The van der Waals surface area contributed by atoms with E-state index >= 15 is 0 Å². The van der Waals surface area contributed by atoms with Gasteiger partial charge in [-0.1, -0.05) is 19.8 Å². The van der Waals surface area contributed by atoms with Gasteiger partial charge in [-0.2, -0.15) is 5.26 Å². The van der Waals surface area contributed by atoms with E-state index in [9.17, 15) is 0 Å². The van der Waals surface area contributed by atoms with Crippen molar-refractivity contribution in [3.05, 3.63) is 0 Å². The van der Waals surface area contributed by atoms with Crippen molar-refractivity contribution < 1.29 is 0 Å². The van der Waals surface area contributed by atoms with Crippen LogP contribution >= 0.6 is 0 Å². The van der Waals surface area contributed by atoms with Gasteiger partial charge in [0.25, 0.3) is 0 Å². The van der Waals surface area contributed by atoms with E-state index in [0.717, 1.165) is 19.3 Å². The van der Waals surface area contributed by atoms with Crippen LogP contribution < -0.4 is 5.32 Å². The monoisotopic (exact) mass is 168 g/mol. The van der Waals surface area contributed by atoms with Crippen molar-refractivity contribution in [1.82, 2.24) is 5.32 Å². The van der Waals surface area contributed by atoms with E-state index in [-0.39, 0.29) is 11.6 Å². The number of nitriles is 1. The van der Waals surface area contributed by atoms with Gasteiger partial charge in [0.05, 0.1) is 12.1 Å². The molecule has 0 saturated carbocycles. The molecule has 0 fully saturated rings. The minimum Gasteiger partial charge on any atom is -0.297 e. The SMILES string of the molecule is CCCCC(C#N)NC(C)(C)C. The van der Waals surface area contributed by atoms with Gasteiger partial charge in [-0.05, 0) is 27.2 Å². The minimum absolute atomic E-state index is 0.0185. The third kappa shape index (κ3) is 6.18. The Morgan fingerprint density at radius 2 is 2.00 bits per heavy atom. The molecule has 2 heteroatoms. The van der Waals surface area contributed by atoms with Crippen LogP contribution in [0.3, 0.4) is 0 Å². The zero-order chi connectivity index (χ0) is 9.61. The van der Waals surface area contributed by atoms with E-state index in [4.69, 9.17) is 5.26 Å². The second-order valence-corrected chi connectivity index (χ2v) is 4.22. The van der Waals surface area contributed by atoms with E-state index in [0.29, 0.717) is 0 Å². The Balaban J connectivity index is 3.78. The van der Waals surface area contributed by atoms with Crippen LogP contribution in [-0.2, 0) is 0 Å². The fourth-order valence-electron chi connectivity index (χ4n) is 1.10. The summed E-state index contributed by atoms with van der Waals surface area (Å²) in [7, 11) is 0. The Bertz CT molecular complexity index is 150. The third-order valence-electron chi connectivity index (χ3n) is 1.61. The fraction of sp³-hybridized carbons (Fsp3) is 0.900. The summed E-state index contributed by atoms with van der Waals surface area (Å²) < 4.78 is 0. The van der Waals surface area contributed by atoms with Crippen LogP contribution in [0.15, 0.2) is 0 Å². The molecule has 0 rings (SSSR count). The van der Waals surface area contributed by atoms with Crippen LogP contribution in [0, 0.1) is 11.3 Å². The van der Waals surface area contributed by atoms with Crippen molar-refractivity contribution in [2.75, 3.05) is 0 Å². The van der Waals surface area contributed by atoms with Crippen molar-refractivity contribution >= 4 is 0 Å². The van der Waals surface area contributed by atoms with Gasteiger partial charge < -0.3 is 0 Å². The highest BCUT2D eigenvalue weighted by Gasteiger charge is 2.15. The molecule has 0 aromatic rings. The molecule has 1 unspecified atom stereocenters. The highest BCUT2D eigenvalue weighted by Crippen LogP contribution is 2.06.